The van der Waals surface area contributed by atoms with E-state index in [2.05, 4.69) is 0 Å². The lowest BCUT2D eigenvalue weighted by molar-refractivity contribution is -0.154. The average molecular weight is 511 g/mol. The summed E-state index contributed by atoms with van der Waals surface area (Å²) in [5, 5.41) is 3.65. The van der Waals surface area contributed by atoms with Crippen molar-refractivity contribution in [3.05, 3.63) is 53.6 Å². The number of carbonyl (C=O) groups is 2. The van der Waals surface area contributed by atoms with Gasteiger partial charge in [0.25, 0.3) is 5.91 Å². The van der Waals surface area contributed by atoms with Gasteiger partial charge in [-0.3, -0.25) is 14.5 Å². The Bertz CT molecular complexity index is 1100. The van der Waals surface area contributed by atoms with E-state index in [-0.39, 0.29) is 44.2 Å². The molecule has 2 aromatic rings. The lowest BCUT2D eigenvalue weighted by atomic mass is 10.2. The lowest BCUT2D eigenvalue weighted by Gasteiger charge is -2.24. The molecule has 0 spiro atoms. The number of cyclic esters (lactones) is 1. The van der Waals surface area contributed by atoms with Crippen molar-refractivity contribution in [1.29, 1.82) is 0 Å². The molecule has 9 nitrogen and oxygen atoms in total. The van der Waals surface area contributed by atoms with Crippen molar-refractivity contribution in [1.82, 2.24) is 10.4 Å². The van der Waals surface area contributed by atoms with Crippen LogP contribution in [0, 0.1) is 11.6 Å². The van der Waals surface area contributed by atoms with E-state index in [9.17, 15) is 18.4 Å². The molecule has 1 atom stereocenters. The van der Waals surface area contributed by atoms with Gasteiger partial charge in [0, 0.05) is 44.0 Å². The number of ether oxygens (including phenoxy) is 1. The Morgan fingerprint density at radius 2 is 1.89 bits per heavy atom. The van der Waals surface area contributed by atoms with E-state index in [4.69, 9.17) is 15.3 Å². The number of halogens is 4. The van der Waals surface area contributed by atoms with Crippen molar-refractivity contribution in [3.63, 3.8) is 0 Å². The largest absolute Gasteiger partial charge is 0.442 e. The van der Waals surface area contributed by atoms with Crippen molar-refractivity contribution in [2.24, 2.45) is 0 Å². The zero-order valence-corrected chi connectivity index (χ0v) is 19.1. The minimum Gasteiger partial charge on any atom is -0.442 e. The molecule has 2 aromatic carbocycles. The summed E-state index contributed by atoms with van der Waals surface area (Å²) in [4.78, 5) is 31.4. The summed E-state index contributed by atoms with van der Waals surface area (Å²) in [6, 6.07) is 9.36. The average Bonchev–Trinajstić information content (AvgIpc) is 3.04. The van der Waals surface area contributed by atoms with Gasteiger partial charge in [-0.15, -0.1) is 0 Å². The fourth-order valence-corrected chi connectivity index (χ4v) is 4.07. The number of hydrogen-bond donors (Lipinski definition) is 2. The van der Waals surface area contributed by atoms with Crippen molar-refractivity contribution in [3.8, 4) is 0 Å². The number of alkyl halides is 2. The highest BCUT2D eigenvalue weighted by molar-refractivity contribution is 5.90. The third-order valence-corrected chi connectivity index (χ3v) is 5.77. The Kier molecular flexibility index (Phi) is 7.79. The summed E-state index contributed by atoms with van der Waals surface area (Å²) in [5.74, 6) is -3.26. The summed E-state index contributed by atoms with van der Waals surface area (Å²) in [6.07, 6.45) is -5.06. The van der Waals surface area contributed by atoms with Crippen LogP contribution < -0.4 is 20.9 Å². The minimum atomic E-state index is -3.21. The first kappa shape index (κ1) is 25.5. The quantitative estimate of drug-likeness (QED) is 0.435. The molecule has 2 fully saturated rings. The molecule has 0 unspecified atom stereocenters. The van der Waals surface area contributed by atoms with Crippen molar-refractivity contribution < 1.29 is 36.7 Å². The monoisotopic (exact) mass is 511 g/mol. The number of carbonyl (C=O) groups excluding carboxylic acids is 2. The van der Waals surface area contributed by atoms with Crippen LogP contribution >= 0.6 is 0 Å². The third-order valence-electron chi connectivity index (χ3n) is 5.77. The molecule has 13 heteroatoms. The smallest absolute Gasteiger partial charge is 0.414 e. The molecule has 2 heterocycles. The molecule has 0 saturated carbocycles. The van der Waals surface area contributed by atoms with Gasteiger partial charge in [0.2, 0.25) is 0 Å². The molecule has 0 aliphatic carbocycles. The highest BCUT2D eigenvalue weighted by Gasteiger charge is 2.34. The van der Waals surface area contributed by atoms with Crippen LogP contribution in [0.4, 0.5) is 39.4 Å². The molecular weight excluding hydrogens is 486 g/mol. The number of nitrogens with two attached hydrogens (primary N) is 1. The topological polar surface area (TPSA) is 100 Å². The van der Waals surface area contributed by atoms with Crippen LogP contribution in [0.15, 0.2) is 36.4 Å². The van der Waals surface area contributed by atoms with Gasteiger partial charge in [0.05, 0.1) is 25.4 Å². The van der Waals surface area contributed by atoms with Gasteiger partial charge >= 0.3 is 12.5 Å². The molecule has 2 amide bonds. The highest BCUT2D eigenvalue weighted by atomic mass is 19.3. The standard InChI is InChI=1S/C23H25F4N5O4/c24-18-9-16(32-13-17(36-23(32)34)11-29-22(33)21(26)27)10-19(25)20(18)30-4-5-31(35-7-6-30)12-14-2-1-3-15(28)8-14/h1-3,8-10,17,21H,4-7,11-13,28H2,(H,29,33)/t17-/m0/s1. The zero-order valence-electron chi connectivity index (χ0n) is 19.1. The van der Waals surface area contributed by atoms with Gasteiger partial charge in [-0.05, 0) is 17.7 Å². The number of nitrogen functional groups attached to an aromatic ring is 1. The number of amides is 2. The maximum atomic E-state index is 15.1. The fraction of sp³-hybridized carbons (Fsp3) is 0.391. The number of anilines is 3. The summed E-state index contributed by atoms with van der Waals surface area (Å²) in [5.41, 5.74) is 7.04. The molecule has 3 N–H and O–H groups in total. The Labute approximate surface area is 204 Å². The maximum Gasteiger partial charge on any atom is 0.414 e. The molecule has 0 aromatic heterocycles. The van der Waals surface area contributed by atoms with Gasteiger partial charge in [-0.2, -0.15) is 13.8 Å². The van der Waals surface area contributed by atoms with Crippen LogP contribution in [0.1, 0.15) is 5.56 Å². The molecule has 0 bridgehead atoms. The first-order valence-corrected chi connectivity index (χ1v) is 11.2. The van der Waals surface area contributed by atoms with Gasteiger partial charge in [-0.1, -0.05) is 12.1 Å². The molecule has 36 heavy (non-hydrogen) atoms. The normalized spacial score (nSPS) is 18.9. The SMILES string of the molecule is Nc1cccc(CN2CCN(c3c(F)cc(N4C[C@H](CNC(=O)C(F)F)OC4=O)cc3F)CCO2)c1. The Morgan fingerprint density at radius 3 is 2.58 bits per heavy atom. The van der Waals surface area contributed by atoms with E-state index in [0.717, 1.165) is 22.6 Å². The predicted octanol–water partition coefficient (Wildman–Crippen LogP) is 2.51. The maximum absolute atomic E-state index is 15.1. The molecular formula is C23H25F4N5O4. The van der Waals surface area contributed by atoms with Crippen LogP contribution in [0.25, 0.3) is 0 Å². The number of nitrogens with zero attached hydrogens (tertiary/aromatic N) is 3. The molecule has 2 aliphatic heterocycles. The first-order valence-electron chi connectivity index (χ1n) is 11.2. The van der Waals surface area contributed by atoms with Crippen LogP contribution in [-0.4, -0.2) is 68.9 Å². The summed E-state index contributed by atoms with van der Waals surface area (Å²) < 4.78 is 59.8. The minimum absolute atomic E-state index is 0.0872. The van der Waals surface area contributed by atoms with Gasteiger partial charge < -0.3 is 20.7 Å². The second-order valence-electron chi connectivity index (χ2n) is 8.35. The van der Waals surface area contributed by atoms with Crippen molar-refractivity contribution in [2.75, 3.05) is 54.9 Å². The van der Waals surface area contributed by atoms with E-state index in [1.54, 1.807) is 11.1 Å². The Hall–Kier alpha value is -3.58. The first-order chi connectivity index (χ1) is 17.2. The summed E-state index contributed by atoms with van der Waals surface area (Å²) in [7, 11) is 0. The zero-order chi connectivity index (χ0) is 25.8. The molecule has 2 aliphatic rings. The van der Waals surface area contributed by atoms with E-state index >= 15 is 8.78 Å². The second-order valence-corrected chi connectivity index (χ2v) is 8.35. The number of hydroxylamine groups is 2. The molecule has 4 rings (SSSR count). The van der Waals surface area contributed by atoms with Crippen molar-refractivity contribution in [2.45, 2.75) is 19.1 Å². The van der Waals surface area contributed by atoms with Gasteiger partial charge in [0.15, 0.2) is 11.6 Å². The highest BCUT2D eigenvalue weighted by Crippen LogP contribution is 2.31. The predicted molar refractivity (Wildman–Crippen MR) is 122 cm³/mol. The van der Waals surface area contributed by atoms with E-state index < -0.39 is 36.2 Å². The second kappa shape index (κ2) is 11.0. The molecule has 2 saturated heterocycles. The molecule has 194 valence electrons. The van der Waals surface area contributed by atoms with Crippen LogP contribution in [0.2, 0.25) is 0 Å². The van der Waals surface area contributed by atoms with Crippen LogP contribution in [-0.2, 0) is 20.9 Å². The Morgan fingerprint density at radius 1 is 1.14 bits per heavy atom. The van der Waals surface area contributed by atoms with Gasteiger partial charge in [-0.25, -0.2) is 13.6 Å². The number of benzene rings is 2. The summed E-state index contributed by atoms with van der Waals surface area (Å²) in [6.45, 7) is 1.03. The van der Waals surface area contributed by atoms with Crippen molar-refractivity contribution >= 4 is 29.1 Å². The van der Waals surface area contributed by atoms with Crippen LogP contribution in [0.5, 0.6) is 0 Å². The van der Waals surface area contributed by atoms with E-state index in [1.807, 2.05) is 23.5 Å². The fourth-order valence-electron chi connectivity index (χ4n) is 4.07. The van der Waals surface area contributed by atoms with Gasteiger partial charge in [0.1, 0.15) is 11.8 Å². The number of rotatable bonds is 7. The summed E-state index contributed by atoms with van der Waals surface area (Å²) >= 11 is 0. The number of hydrogen-bond acceptors (Lipinski definition) is 7. The van der Waals surface area contributed by atoms with Crippen LogP contribution in [0.3, 0.4) is 0 Å². The lowest BCUT2D eigenvalue weighted by Crippen LogP contribution is -2.37. The number of nitrogens with one attached hydrogen (secondary N) is 1. The molecule has 0 radical (unpaired) electrons. The van der Waals surface area contributed by atoms with E-state index in [1.165, 1.54) is 4.90 Å². The third kappa shape index (κ3) is 5.97. The van der Waals surface area contributed by atoms with E-state index in [0.29, 0.717) is 18.8 Å². The Balaban J connectivity index is 1.40.